The molecule has 156 valence electrons. The molecule has 0 spiro atoms. The van der Waals surface area contributed by atoms with Gasteiger partial charge in [0.15, 0.2) is 0 Å². The average molecular weight is 432 g/mol. The topological polar surface area (TPSA) is 41.9 Å². The lowest BCUT2D eigenvalue weighted by Crippen LogP contribution is -2.11. The Morgan fingerprint density at radius 2 is 1.26 bits per heavy atom. The van der Waals surface area contributed by atoms with Crippen molar-refractivity contribution in [2.45, 2.75) is 0 Å². The molecule has 0 aliphatic heterocycles. The van der Waals surface area contributed by atoms with Crippen molar-refractivity contribution in [2.75, 3.05) is 19.1 Å². The number of rotatable bonds is 6. The van der Waals surface area contributed by atoms with Crippen LogP contribution in [0.4, 0.5) is 17.1 Å². The summed E-state index contributed by atoms with van der Waals surface area (Å²) in [6.07, 6.45) is 0. The van der Waals surface area contributed by atoms with Gasteiger partial charge in [-0.3, -0.25) is 0 Å². The van der Waals surface area contributed by atoms with Crippen LogP contribution in [-0.4, -0.2) is 19.3 Å². The molecule has 5 heteroatoms. The number of ether oxygens (including phenoxy) is 2. The molecule has 1 N–H and O–H groups in total. The minimum Gasteiger partial charge on any atom is -0.508 e. The van der Waals surface area contributed by atoms with E-state index in [-0.39, 0.29) is 5.75 Å². The van der Waals surface area contributed by atoms with Gasteiger partial charge < -0.3 is 19.5 Å². The first-order valence-electron chi connectivity index (χ1n) is 9.76. The van der Waals surface area contributed by atoms with E-state index in [1.165, 1.54) is 0 Å². The highest BCUT2D eigenvalue weighted by Crippen LogP contribution is 2.42. The number of phenolic OH excluding ortho intramolecular Hbond substituents is 1. The molecule has 0 fully saturated rings. The van der Waals surface area contributed by atoms with Gasteiger partial charge in [0, 0.05) is 23.5 Å². The molecule has 4 aromatic rings. The van der Waals surface area contributed by atoms with Crippen molar-refractivity contribution in [3.63, 3.8) is 0 Å². The maximum Gasteiger partial charge on any atom is 0.120 e. The molecule has 0 saturated carbocycles. The molecule has 0 saturated heterocycles. The van der Waals surface area contributed by atoms with Crippen LogP contribution in [0.1, 0.15) is 0 Å². The lowest BCUT2D eigenvalue weighted by molar-refractivity contribution is 0.414. The standard InChI is InChI=1S/C26H22ClNO3/c1-30-23-10-4-7-20(16-23)28(21-8-5-11-24(17-21)31-2)26-13-12-19(15-25(26)27)18-6-3-9-22(29)14-18/h3-17,29H,1-2H3. The first-order valence-corrected chi connectivity index (χ1v) is 10.1. The van der Waals surface area contributed by atoms with Gasteiger partial charge in [-0.2, -0.15) is 0 Å². The number of hydrogen-bond donors (Lipinski definition) is 1. The van der Waals surface area contributed by atoms with Gasteiger partial charge in [0.1, 0.15) is 17.2 Å². The van der Waals surface area contributed by atoms with E-state index >= 15 is 0 Å². The highest BCUT2D eigenvalue weighted by molar-refractivity contribution is 6.34. The Balaban J connectivity index is 1.85. The zero-order chi connectivity index (χ0) is 21.8. The Kier molecular flexibility index (Phi) is 6.01. The molecule has 0 aromatic heterocycles. The number of nitrogens with zero attached hydrogens (tertiary/aromatic N) is 1. The predicted molar refractivity (Wildman–Crippen MR) is 126 cm³/mol. The van der Waals surface area contributed by atoms with Gasteiger partial charge in [-0.15, -0.1) is 0 Å². The molecule has 4 rings (SSSR count). The zero-order valence-electron chi connectivity index (χ0n) is 17.2. The molecule has 0 radical (unpaired) electrons. The Morgan fingerprint density at radius 1 is 0.677 bits per heavy atom. The molecule has 0 unspecified atom stereocenters. The van der Waals surface area contributed by atoms with Crippen LogP contribution < -0.4 is 14.4 Å². The molecule has 4 nitrogen and oxygen atoms in total. The van der Waals surface area contributed by atoms with Crippen molar-refractivity contribution in [3.8, 4) is 28.4 Å². The van der Waals surface area contributed by atoms with Gasteiger partial charge in [0.25, 0.3) is 0 Å². The van der Waals surface area contributed by atoms with Crippen molar-refractivity contribution < 1.29 is 14.6 Å². The van der Waals surface area contributed by atoms with E-state index in [0.29, 0.717) is 5.02 Å². The molecule has 0 aliphatic rings. The van der Waals surface area contributed by atoms with E-state index in [9.17, 15) is 5.11 Å². The number of aromatic hydroxyl groups is 1. The maximum atomic E-state index is 9.82. The van der Waals surface area contributed by atoms with Crippen LogP contribution in [0.2, 0.25) is 5.02 Å². The number of hydrogen-bond acceptors (Lipinski definition) is 4. The summed E-state index contributed by atoms with van der Waals surface area (Å²) < 4.78 is 10.9. The molecule has 4 aromatic carbocycles. The highest BCUT2D eigenvalue weighted by atomic mass is 35.5. The van der Waals surface area contributed by atoms with Gasteiger partial charge in [0.2, 0.25) is 0 Å². The third-order valence-electron chi connectivity index (χ3n) is 4.99. The zero-order valence-corrected chi connectivity index (χ0v) is 18.0. The number of anilines is 3. The molecule has 31 heavy (non-hydrogen) atoms. The quantitative estimate of drug-likeness (QED) is 0.350. The second kappa shape index (κ2) is 9.02. The minimum atomic E-state index is 0.215. The van der Waals surface area contributed by atoms with Gasteiger partial charge in [-0.1, -0.05) is 41.9 Å². The summed E-state index contributed by atoms with van der Waals surface area (Å²) in [7, 11) is 3.29. The molecule has 0 aliphatic carbocycles. The smallest absolute Gasteiger partial charge is 0.120 e. The molecule has 0 heterocycles. The van der Waals surface area contributed by atoms with Crippen molar-refractivity contribution in [1.29, 1.82) is 0 Å². The second-order valence-electron chi connectivity index (χ2n) is 6.95. The Labute approximate surface area is 186 Å². The Hall–Kier alpha value is -3.63. The molecule has 0 bridgehead atoms. The number of halogens is 1. The van der Waals surface area contributed by atoms with Crippen LogP contribution in [0, 0.1) is 0 Å². The number of benzene rings is 4. The fourth-order valence-corrected chi connectivity index (χ4v) is 3.74. The van der Waals surface area contributed by atoms with Crippen LogP contribution in [0.3, 0.4) is 0 Å². The predicted octanol–water partition coefficient (Wildman–Crippen LogP) is 7.20. The Morgan fingerprint density at radius 3 is 1.81 bits per heavy atom. The number of phenols is 1. The summed E-state index contributed by atoms with van der Waals surface area (Å²) in [5, 5.41) is 10.4. The van der Waals surface area contributed by atoms with Gasteiger partial charge in [-0.25, -0.2) is 0 Å². The highest BCUT2D eigenvalue weighted by Gasteiger charge is 2.17. The third kappa shape index (κ3) is 4.44. The van der Waals surface area contributed by atoms with E-state index < -0.39 is 0 Å². The maximum absolute atomic E-state index is 9.82. The van der Waals surface area contributed by atoms with Crippen LogP contribution in [0.15, 0.2) is 91.0 Å². The summed E-state index contributed by atoms with van der Waals surface area (Å²) in [6, 6.07) is 28.6. The summed E-state index contributed by atoms with van der Waals surface area (Å²) in [5.74, 6) is 1.71. The van der Waals surface area contributed by atoms with Gasteiger partial charge in [-0.05, 0) is 59.7 Å². The lowest BCUT2D eigenvalue weighted by Gasteiger charge is -2.27. The van der Waals surface area contributed by atoms with E-state index in [1.807, 2.05) is 78.9 Å². The third-order valence-corrected chi connectivity index (χ3v) is 5.29. The molecular weight excluding hydrogens is 410 g/mol. The minimum absolute atomic E-state index is 0.215. The van der Waals surface area contributed by atoms with E-state index in [2.05, 4.69) is 4.90 Å². The van der Waals surface area contributed by atoms with Crippen molar-refractivity contribution in [3.05, 3.63) is 96.0 Å². The first-order chi connectivity index (χ1) is 15.1. The molecular formula is C26H22ClNO3. The van der Waals surface area contributed by atoms with E-state index in [1.54, 1.807) is 26.4 Å². The second-order valence-corrected chi connectivity index (χ2v) is 7.36. The average Bonchev–Trinajstić information content (AvgIpc) is 2.80. The summed E-state index contributed by atoms with van der Waals surface area (Å²) >= 11 is 6.79. The molecule has 0 atom stereocenters. The monoisotopic (exact) mass is 431 g/mol. The SMILES string of the molecule is COc1cccc(N(c2cccc(OC)c2)c2ccc(-c3cccc(O)c3)cc2Cl)c1. The summed E-state index contributed by atoms with van der Waals surface area (Å²) in [5.41, 5.74) is 4.43. The van der Waals surface area contributed by atoms with E-state index in [0.717, 1.165) is 39.7 Å². The van der Waals surface area contributed by atoms with Crippen molar-refractivity contribution in [2.24, 2.45) is 0 Å². The van der Waals surface area contributed by atoms with Crippen LogP contribution in [0.25, 0.3) is 11.1 Å². The van der Waals surface area contributed by atoms with E-state index in [4.69, 9.17) is 21.1 Å². The van der Waals surface area contributed by atoms with Crippen LogP contribution in [0.5, 0.6) is 17.2 Å². The number of methoxy groups -OCH3 is 2. The normalized spacial score (nSPS) is 10.5. The van der Waals surface area contributed by atoms with Gasteiger partial charge >= 0.3 is 0 Å². The Bertz CT molecular complexity index is 1160. The largest absolute Gasteiger partial charge is 0.508 e. The summed E-state index contributed by atoms with van der Waals surface area (Å²) in [4.78, 5) is 2.06. The molecule has 0 amide bonds. The fraction of sp³-hybridized carbons (Fsp3) is 0.0769. The lowest BCUT2D eigenvalue weighted by atomic mass is 10.0. The van der Waals surface area contributed by atoms with Crippen molar-refractivity contribution >= 4 is 28.7 Å². The fourth-order valence-electron chi connectivity index (χ4n) is 3.48. The van der Waals surface area contributed by atoms with Gasteiger partial charge in [0.05, 0.1) is 24.9 Å². The van der Waals surface area contributed by atoms with Crippen molar-refractivity contribution in [1.82, 2.24) is 0 Å². The summed E-state index contributed by atoms with van der Waals surface area (Å²) in [6.45, 7) is 0. The first kappa shape index (κ1) is 20.6. The van der Waals surface area contributed by atoms with Crippen LogP contribution >= 0.6 is 11.6 Å². The van der Waals surface area contributed by atoms with Crippen LogP contribution in [-0.2, 0) is 0 Å².